The van der Waals surface area contributed by atoms with Crippen LogP contribution in [0.25, 0.3) is 11.0 Å². The van der Waals surface area contributed by atoms with Gasteiger partial charge in [-0.1, -0.05) is 18.2 Å². The van der Waals surface area contributed by atoms with Crippen molar-refractivity contribution in [2.45, 2.75) is 0 Å². The topological polar surface area (TPSA) is 92.0 Å². The molecule has 3 aromatic rings. The van der Waals surface area contributed by atoms with Gasteiger partial charge in [-0.05, 0) is 12.1 Å². The number of piperazine rings is 1. The van der Waals surface area contributed by atoms with Crippen molar-refractivity contribution in [2.75, 3.05) is 62.3 Å². The molecule has 0 unspecified atom stereocenters. The lowest BCUT2D eigenvalue weighted by Gasteiger charge is -2.36. The quantitative estimate of drug-likeness (QED) is 0.586. The normalized spacial score (nSPS) is 17.2. The molecule has 4 heterocycles. The van der Waals surface area contributed by atoms with Gasteiger partial charge in [-0.25, -0.2) is 4.79 Å². The lowest BCUT2D eigenvalue weighted by Crippen LogP contribution is -2.49. The molecule has 0 spiro atoms. The number of carbonyl (C=O) groups is 1. The van der Waals surface area contributed by atoms with E-state index in [4.69, 9.17) is 9.15 Å². The molecule has 9 heteroatoms. The maximum atomic E-state index is 13.0. The Kier molecular flexibility index (Phi) is 5.25. The highest BCUT2D eigenvalue weighted by Gasteiger charge is 2.26. The van der Waals surface area contributed by atoms with Crippen molar-refractivity contribution in [3.05, 3.63) is 58.6 Å². The molecule has 2 aromatic heterocycles. The van der Waals surface area contributed by atoms with Gasteiger partial charge in [0.2, 0.25) is 0 Å². The van der Waals surface area contributed by atoms with Crippen molar-refractivity contribution < 1.29 is 13.9 Å². The third-order valence-electron chi connectivity index (χ3n) is 5.77. The van der Waals surface area contributed by atoms with Gasteiger partial charge < -0.3 is 23.9 Å². The Hall–Kier alpha value is -3.46. The van der Waals surface area contributed by atoms with Crippen molar-refractivity contribution in [2.24, 2.45) is 0 Å². The van der Waals surface area contributed by atoms with Crippen LogP contribution < -0.4 is 15.4 Å². The van der Waals surface area contributed by atoms with E-state index in [9.17, 15) is 9.59 Å². The highest BCUT2D eigenvalue weighted by molar-refractivity contribution is 5.96. The Bertz CT molecular complexity index is 1150. The molecule has 0 bridgehead atoms. The van der Waals surface area contributed by atoms with E-state index in [0.717, 1.165) is 30.0 Å². The summed E-state index contributed by atoms with van der Waals surface area (Å²) in [6.07, 6.45) is 1.75. The monoisotopic (exact) mass is 421 g/mol. The smallest absolute Gasteiger partial charge is 0.349 e. The van der Waals surface area contributed by atoms with E-state index in [1.165, 1.54) is 0 Å². The zero-order chi connectivity index (χ0) is 21.2. The Labute approximate surface area is 178 Å². The van der Waals surface area contributed by atoms with Crippen LogP contribution in [0.3, 0.4) is 0 Å². The third-order valence-corrected chi connectivity index (χ3v) is 5.77. The zero-order valence-electron chi connectivity index (χ0n) is 17.1. The van der Waals surface area contributed by atoms with E-state index in [2.05, 4.69) is 20.0 Å². The number of benzene rings is 1. The van der Waals surface area contributed by atoms with Gasteiger partial charge >= 0.3 is 5.63 Å². The molecule has 2 saturated heterocycles. The Morgan fingerprint density at radius 3 is 2.52 bits per heavy atom. The van der Waals surface area contributed by atoms with Crippen LogP contribution in [0, 0.1) is 0 Å². The number of hydrogen-bond acceptors (Lipinski definition) is 8. The van der Waals surface area contributed by atoms with Crippen LogP contribution in [-0.4, -0.2) is 73.5 Å². The summed E-state index contributed by atoms with van der Waals surface area (Å²) < 4.78 is 10.7. The fourth-order valence-electron chi connectivity index (χ4n) is 4.01. The Morgan fingerprint density at radius 2 is 1.71 bits per heavy atom. The molecule has 9 nitrogen and oxygen atoms in total. The first kappa shape index (κ1) is 19.5. The SMILES string of the molecule is O=C(c1cc2ccccc2oc1=O)N1CCN(c2cnnc(N3CCOCC3)c2)CC1. The van der Waals surface area contributed by atoms with E-state index >= 15 is 0 Å². The van der Waals surface area contributed by atoms with Crippen molar-refractivity contribution >= 4 is 28.4 Å². The van der Waals surface area contributed by atoms with Crippen LogP contribution in [0.4, 0.5) is 11.5 Å². The summed E-state index contributed by atoms with van der Waals surface area (Å²) in [6.45, 7) is 5.31. The number of ether oxygens (including phenoxy) is 1. The predicted octanol–water partition coefficient (Wildman–Crippen LogP) is 1.38. The van der Waals surface area contributed by atoms with Gasteiger partial charge in [0.15, 0.2) is 5.82 Å². The molecule has 0 saturated carbocycles. The molecule has 0 aliphatic carbocycles. The molecule has 2 aliphatic heterocycles. The molecule has 0 N–H and O–H groups in total. The zero-order valence-corrected chi connectivity index (χ0v) is 17.1. The van der Waals surface area contributed by atoms with Gasteiger partial charge in [-0.15, -0.1) is 5.10 Å². The van der Waals surface area contributed by atoms with E-state index in [0.29, 0.717) is 45.0 Å². The van der Waals surface area contributed by atoms with Gasteiger partial charge in [0, 0.05) is 50.7 Å². The summed E-state index contributed by atoms with van der Waals surface area (Å²) in [7, 11) is 0. The fourth-order valence-corrected chi connectivity index (χ4v) is 4.01. The van der Waals surface area contributed by atoms with Crippen LogP contribution in [0.5, 0.6) is 0 Å². The molecule has 1 amide bonds. The standard InChI is InChI=1S/C22H23N5O4/c28-21(18-13-16-3-1-2-4-19(16)31-22(18)29)27-7-5-25(6-8-27)17-14-20(24-23-15-17)26-9-11-30-12-10-26/h1-4,13-15H,5-12H2. The average molecular weight is 421 g/mol. The molecule has 31 heavy (non-hydrogen) atoms. The lowest BCUT2D eigenvalue weighted by atomic mass is 10.1. The molecule has 1 aromatic carbocycles. The van der Waals surface area contributed by atoms with Crippen molar-refractivity contribution in [1.29, 1.82) is 0 Å². The minimum atomic E-state index is -0.598. The number of aromatic nitrogens is 2. The second-order valence-corrected chi connectivity index (χ2v) is 7.64. The number of para-hydroxylation sites is 1. The highest BCUT2D eigenvalue weighted by Crippen LogP contribution is 2.22. The second-order valence-electron chi connectivity index (χ2n) is 7.64. The number of rotatable bonds is 3. The number of fused-ring (bicyclic) bond motifs is 1. The first-order valence-electron chi connectivity index (χ1n) is 10.4. The fraction of sp³-hybridized carbons (Fsp3) is 0.364. The maximum absolute atomic E-state index is 13.0. The van der Waals surface area contributed by atoms with Crippen molar-refractivity contribution in [3.8, 4) is 0 Å². The van der Waals surface area contributed by atoms with Gasteiger partial charge in [0.25, 0.3) is 5.91 Å². The van der Waals surface area contributed by atoms with E-state index < -0.39 is 5.63 Å². The summed E-state index contributed by atoms with van der Waals surface area (Å²) >= 11 is 0. The van der Waals surface area contributed by atoms with Crippen molar-refractivity contribution in [1.82, 2.24) is 15.1 Å². The minimum absolute atomic E-state index is 0.0762. The van der Waals surface area contributed by atoms with Crippen LogP contribution in [-0.2, 0) is 4.74 Å². The number of carbonyl (C=O) groups excluding carboxylic acids is 1. The van der Waals surface area contributed by atoms with Crippen LogP contribution in [0.15, 0.2) is 51.8 Å². The first-order chi connectivity index (χ1) is 15.2. The maximum Gasteiger partial charge on any atom is 0.349 e. The van der Waals surface area contributed by atoms with E-state index in [1.54, 1.807) is 29.3 Å². The molecule has 2 fully saturated rings. The highest BCUT2D eigenvalue weighted by atomic mass is 16.5. The second kappa shape index (κ2) is 8.35. The number of anilines is 2. The van der Waals surface area contributed by atoms with E-state index in [1.807, 2.05) is 18.2 Å². The van der Waals surface area contributed by atoms with Gasteiger partial charge in [0.05, 0.1) is 25.1 Å². The summed E-state index contributed by atoms with van der Waals surface area (Å²) in [5, 5.41) is 9.17. The molecule has 5 rings (SSSR count). The molecular formula is C22H23N5O4. The molecule has 160 valence electrons. The number of nitrogens with zero attached hydrogens (tertiary/aromatic N) is 5. The van der Waals surface area contributed by atoms with Crippen LogP contribution in [0.2, 0.25) is 0 Å². The lowest BCUT2D eigenvalue weighted by molar-refractivity contribution is 0.0742. The largest absolute Gasteiger partial charge is 0.422 e. The van der Waals surface area contributed by atoms with Gasteiger partial charge in [-0.3, -0.25) is 4.79 Å². The van der Waals surface area contributed by atoms with Crippen LogP contribution in [0.1, 0.15) is 10.4 Å². The number of morpholine rings is 1. The Morgan fingerprint density at radius 1 is 0.935 bits per heavy atom. The Balaban J connectivity index is 1.28. The van der Waals surface area contributed by atoms with Crippen molar-refractivity contribution in [3.63, 3.8) is 0 Å². The van der Waals surface area contributed by atoms with E-state index in [-0.39, 0.29) is 11.5 Å². The summed E-state index contributed by atoms with van der Waals surface area (Å²) in [5.41, 5.74) is 0.941. The summed E-state index contributed by atoms with van der Waals surface area (Å²) in [6, 6.07) is 10.9. The predicted molar refractivity (Wildman–Crippen MR) is 116 cm³/mol. The van der Waals surface area contributed by atoms with Gasteiger partial charge in [0.1, 0.15) is 11.1 Å². The number of hydrogen-bond donors (Lipinski definition) is 0. The van der Waals surface area contributed by atoms with Gasteiger partial charge in [-0.2, -0.15) is 5.10 Å². The third kappa shape index (κ3) is 3.96. The summed E-state index contributed by atoms with van der Waals surface area (Å²) in [4.78, 5) is 31.4. The summed E-state index contributed by atoms with van der Waals surface area (Å²) in [5.74, 6) is 0.550. The first-order valence-corrected chi connectivity index (χ1v) is 10.4. The molecular weight excluding hydrogens is 398 g/mol. The molecule has 0 atom stereocenters. The number of amides is 1. The molecule has 2 aliphatic rings. The van der Waals surface area contributed by atoms with Crippen LogP contribution >= 0.6 is 0 Å². The average Bonchev–Trinajstić information content (AvgIpc) is 2.84. The minimum Gasteiger partial charge on any atom is -0.422 e. The molecule has 0 radical (unpaired) electrons.